The van der Waals surface area contributed by atoms with Crippen LogP contribution in [-0.2, 0) is 4.79 Å². The Balaban J connectivity index is 1.55. The van der Waals surface area contributed by atoms with E-state index in [0.717, 1.165) is 17.7 Å². The zero-order valence-electron chi connectivity index (χ0n) is 12.6. The summed E-state index contributed by atoms with van der Waals surface area (Å²) in [6, 6.07) is 4.94. The largest absolute Gasteiger partial charge is 0.491 e. The maximum Gasteiger partial charge on any atom is 0.325 e. The maximum atomic E-state index is 12.8. The Hall–Kier alpha value is -2.15. The number of rotatable bonds is 5. The van der Waals surface area contributed by atoms with Crippen LogP contribution >= 0.6 is 0 Å². The van der Waals surface area contributed by atoms with Crippen molar-refractivity contribution < 1.29 is 23.8 Å². The molecule has 1 atom stereocenters. The van der Waals surface area contributed by atoms with Crippen molar-refractivity contribution in [3.63, 3.8) is 0 Å². The predicted molar refractivity (Wildman–Crippen MR) is 79.3 cm³/mol. The number of urea groups is 1. The Labute approximate surface area is 133 Å². The van der Waals surface area contributed by atoms with E-state index >= 15 is 0 Å². The van der Waals surface area contributed by atoms with Crippen molar-refractivity contribution in [3.05, 3.63) is 30.1 Å². The highest BCUT2D eigenvalue weighted by molar-refractivity contribution is 6.07. The summed E-state index contributed by atoms with van der Waals surface area (Å²) >= 11 is 0. The first-order valence-corrected chi connectivity index (χ1v) is 7.71. The molecule has 1 aromatic carbocycles. The van der Waals surface area contributed by atoms with Crippen LogP contribution in [0, 0.1) is 5.82 Å². The second kappa shape index (κ2) is 6.16. The zero-order chi connectivity index (χ0) is 16.4. The number of aliphatic hydroxyl groups excluding tert-OH is 1. The molecule has 1 saturated carbocycles. The number of β-amino-alcohol motifs (C(OH)–C–C–N with tert-alkyl or cyclic N) is 1. The Morgan fingerprint density at radius 2 is 1.91 bits per heavy atom. The molecule has 0 bridgehead atoms. The molecule has 1 aromatic rings. The standard InChI is InChI=1S/C16H19FN2O4/c17-11-3-5-13(6-4-11)23-10-12(20)9-19-14(21)16(18-15(19)22)7-1-2-8-16/h3-6,12,20H,1-2,7-10H2,(H,18,22)/t12-/m0/s1. The van der Waals surface area contributed by atoms with E-state index in [2.05, 4.69) is 5.32 Å². The third kappa shape index (κ3) is 3.14. The van der Waals surface area contributed by atoms with Crippen LogP contribution in [0.4, 0.5) is 9.18 Å². The molecule has 2 N–H and O–H groups in total. The third-order valence-electron chi connectivity index (χ3n) is 4.35. The Kier molecular flexibility index (Phi) is 4.21. The minimum Gasteiger partial charge on any atom is -0.491 e. The molecule has 7 heteroatoms. The minimum atomic E-state index is -1.01. The van der Waals surface area contributed by atoms with Crippen molar-refractivity contribution in [2.45, 2.75) is 37.3 Å². The number of hydrogen-bond acceptors (Lipinski definition) is 4. The summed E-state index contributed by atoms with van der Waals surface area (Å²) in [6.45, 7) is -0.205. The zero-order valence-corrected chi connectivity index (χ0v) is 12.6. The number of aliphatic hydroxyl groups is 1. The SMILES string of the molecule is O=C1NC2(CCCC2)C(=O)N1C[C@H](O)COc1ccc(F)cc1. The van der Waals surface area contributed by atoms with Crippen LogP contribution in [-0.4, -0.2) is 46.7 Å². The lowest BCUT2D eigenvalue weighted by atomic mass is 9.98. The molecular formula is C16H19FN2O4. The molecule has 0 aromatic heterocycles. The van der Waals surface area contributed by atoms with Gasteiger partial charge in [0.1, 0.15) is 29.8 Å². The van der Waals surface area contributed by atoms with Crippen LogP contribution in [0.2, 0.25) is 0 Å². The van der Waals surface area contributed by atoms with Crippen molar-refractivity contribution >= 4 is 11.9 Å². The Morgan fingerprint density at radius 1 is 1.26 bits per heavy atom. The van der Waals surface area contributed by atoms with Crippen LogP contribution in [0.15, 0.2) is 24.3 Å². The van der Waals surface area contributed by atoms with E-state index in [1.807, 2.05) is 0 Å². The molecule has 3 amide bonds. The first-order chi connectivity index (χ1) is 11.0. The second-order valence-corrected chi connectivity index (χ2v) is 6.05. The van der Waals surface area contributed by atoms with Gasteiger partial charge in [-0.25, -0.2) is 9.18 Å². The second-order valence-electron chi connectivity index (χ2n) is 6.05. The van der Waals surface area contributed by atoms with E-state index in [-0.39, 0.29) is 24.9 Å². The molecule has 0 radical (unpaired) electrons. The lowest BCUT2D eigenvalue weighted by Crippen LogP contribution is -2.45. The van der Waals surface area contributed by atoms with Crippen LogP contribution in [0.5, 0.6) is 5.75 Å². The molecule has 0 unspecified atom stereocenters. The van der Waals surface area contributed by atoms with Crippen molar-refractivity contribution in [1.29, 1.82) is 0 Å². The Morgan fingerprint density at radius 3 is 2.57 bits per heavy atom. The normalized spacial score (nSPS) is 20.9. The van der Waals surface area contributed by atoms with Gasteiger partial charge in [-0.05, 0) is 37.1 Å². The molecule has 2 aliphatic rings. The van der Waals surface area contributed by atoms with E-state index in [0.29, 0.717) is 18.6 Å². The van der Waals surface area contributed by atoms with Gasteiger partial charge >= 0.3 is 6.03 Å². The van der Waals surface area contributed by atoms with Gasteiger partial charge in [0.25, 0.3) is 5.91 Å². The third-order valence-corrected chi connectivity index (χ3v) is 4.35. The Bertz CT molecular complexity index is 599. The molecule has 124 valence electrons. The monoisotopic (exact) mass is 322 g/mol. The molecule has 6 nitrogen and oxygen atoms in total. The van der Waals surface area contributed by atoms with Crippen LogP contribution in [0.25, 0.3) is 0 Å². The van der Waals surface area contributed by atoms with Gasteiger partial charge in [-0.2, -0.15) is 0 Å². The van der Waals surface area contributed by atoms with E-state index in [1.165, 1.54) is 24.3 Å². The number of nitrogens with one attached hydrogen (secondary N) is 1. The average molecular weight is 322 g/mol. The smallest absolute Gasteiger partial charge is 0.325 e. The minimum absolute atomic E-state index is 0.0876. The molecular weight excluding hydrogens is 303 g/mol. The molecule has 2 fully saturated rings. The summed E-state index contributed by atoms with van der Waals surface area (Å²) in [5.74, 6) is -0.227. The fourth-order valence-corrected chi connectivity index (χ4v) is 3.15. The van der Waals surface area contributed by atoms with Gasteiger partial charge in [-0.1, -0.05) is 12.8 Å². The maximum absolute atomic E-state index is 12.8. The van der Waals surface area contributed by atoms with Crippen molar-refractivity contribution in [2.75, 3.05) is 13.2 Å². The number of nitrogens with zero attached hydrogens (tertiary/aromatic N) is 1. The van der Waals surface area contributed by atoms with E-state index in [1.54, 1.807) is 0 Å². The van der Waals surface area contributed by atoms with Crippen molar-refractivity contribution in [1.82, 2.24) is 10.2 Å². The average Bonchev–Trinajstić information content (AvgIpc) is 3.08. The fourth-order valence-electron chi connectivity index (χ4n) is 3.15. The van der Waals surface area contributed by atoms with Gasteiger partial charge in [0.05, 0.1) is 6.54 Å². The van der Waals surface area contributed by atoms with Gasteiger partial charge in [0.2, 0.25) is 0 Å². The van der Waals surface area contributed by atoms with Crippen LogP contribution in [0.3, 0.4) is 0 Å². The molecule has 1 spiro atoms. The number of benzene rings is 1. The molecule has 1 heterocycles. The van der Waals surface area contributed by atoms with Crippen molar-refractivity contribution in [3.8, 4) is 5.75 Å². The highest BCUT2D eigenvalue weighted by atomic mass is 19.1. The first kappa shape index (κ1) is 15.7. The number of imide groups is 1. The number of amides is 3. The number of halogens is 1. The van der Waals surface area contributed by atoms with E-state index < -0.39 is 17.7 Å². The molecule has 1 aliphatic heterocycles. The molecule has 1 aliphatic carbocycles. The number of carbonyl (C=O) groups excluding carboxylic acids is 2. The predicted octanol–water partition coefficient (Wildman–Crippen LogP) is 1.43. The van der Waals surface area contributed by atoms with Crippen molar-refractivity contribution in [2.24, 2.45) is 0 Å². The summed E-state index contributed by atoms with van der Waals surface area (Å²) in [6.07, 6.45) is 2.12. The van der Waals surface area contributed by atoms with Gasteiger partial charge in [-0.3, -0.25) is 9.69 Å². The van der Waals surface area contributed by atoms with Crippen LogP contribution < -0.4 is 10.1 Å². The molecule has 3 rings (SSSR count). The molecule has 23 heavy (non-hydrogen) atoms. The summed E-state index contributed by atoms with van der Waals surface area (Å²) in [5, 5.41) is 12.8. The summed E-state index contributed by atoms with van der Waals surface area (Å²) in [4.78, 5) is 25.5. The quantitative estimate of drug-likeness (QED) is 0.804. The van der Waals surface area contributed by atoms with Gasteiger partial charge < -0.3 is 15.2 Å². The van der Waals surface area contributed by atoms with Gasteiger partial charge in [-0.15, -0.1) is 0 Å². The first-order valence-electron chi connectivity index (χ1n) is 7.71. The van der Waals surface area contributed by atoms with Gasteiger partial charge in [0.15, 0.2) is 0 Å². The van der Waals surface area contributed by atoms with Gasteiger partial charge in [0, 0.05) is 0 Å². The molecule has 1 saturated heterocycles. The fraction of sp³-hybridized carbons (Fsp3) is 0.500. The highest BCUT2D eigenvalue weighted by Crippen LogP contribution is 2.35. The number of ether oxygens (including phenoxy) is 1. The van der Waals surface area contributed by atoms with E-state index in [9.17, 15) is 19.1 Å². The number of carbonyl (C=O) groups is 2. The van der Waals surface area contributed by atoms with E-state index in [4.69, 9.17) is 4.74 Å². The summed E-state index contributed by atoms with van der Waals surface area (Å²) in [5.41, 5.74) is -0.769. The number of hydrogen-bond donors (Lipinski definition) is 2. The lowest BCUT2D eigenvalue weighted by molar-refractivity contribution is -0.132. The summed E-state index contributed by atoms with van der Waals surface area (Å²) < 4.78 is 18.1. The van der Waals surface area contributed by atoms with Crippen LogP contribution in [0.1, 0.15) is 25.7 Å². The summed E-state index contributed by atoms with van der Waals surface area (Å²) in [7, 11) is 0. The topological polar surface area (TPSA) is 78.9 Å². The highest BCUT2D eigenvalue weighted by Gasteiger charge is 2.52. The lowest BCUT2D eigenvalue weighted by Gasteiger charge is -2.21.